The molecule has 0 bridgehead atoms. The monoisotopic (exact) mass is 290 g/mol. The smallest absolute Gasteiger partial charge is 0.251 e. The van der Waals surface area contributed by atoms with Crippen molar-refractivity contribution in [2.75, 3.05) is 6.61 Å². The van der Waals surface area contributed by atoms with Gasteiger partial charge < -0.3 is 0 Å². The molecule has 0 aromatic rings. The minimum Gasteiger partial charge on any atom is -0.272 e. The Labute approximate surface area is 127 Å². The van der Waals surface area contributed by atoms with Gasteiger partial charge in [0.05, 0.1) is 12.6 Å². The number of nitrogens with zero attached hydrogens (tertiary/aromatic N) is 2. The van der Waals surface area contributed by atoms with E-state index in [1.165, 1.54) is 18.5 Å². The fraction of sp³-hybridized carbons (Fsp3) is 0.765. The molecular formula is C17H26N2O2. The van der Waals surface area contributed by atoms with Crippen LogP contribution in [0.3, 0.4) is 0 Å². The van der Waals surface area contributed by atoms with E-state index >= 15 is 0 Å². The normalized spacial score (nSPS) is 33.2. The minimum atomic E-state index is -0.417. The van der Waals surface area contributed by atoms with Crippen molar-refractivity contribution in [3.8, 4) is 0 Å². The molecule has 1 amide bonds. The number of aliphatic imine (C=N–C) groups is 1. The first kappa shape index (κ1) is 14.8. The molecule has 4 nitrogen and oxygen atoms in total. The summed E-state index contributed by atoms with van der Waals surface area (Å²) in [5.74, 6) is 0.759. The van der Waals surface area contributed by atoms with Crippen LogP contribution in [-0.4, -0.2) is 29.8 Å². The van der Waals surface area contributed by atoms with Crippen LogP contribution in [0.1, 0.15) is 53.4 Å². The third kappa shape index (κ3) is 2.78. The van der Waals surface area contributed by atoms with Gasteiger partial charge in [-0.15, -0.1) is 0 Å². The van der Waals surface area contributed by atoms with Gasteiger partial charge in [-0.3, -0.25) is 14.6 Å². The Bertz CT molecular complexity index is 499. The van der Waals surface area contributed by atoms with E-state index < -0.39 is 5.41 Å². The lowest BCUT2D eigenvalue weighted by Gasteiger charge is -2.39. The first-order valence-electron chi connectivity index (χ1n) is 8.03. The number of carbonyl (C=O) groups excluding carboxylic acids is 1. The molecule has 0 spiro atoms. The largest absolute Gasteiger partial charge is 0.272 e. The summed E-state index contributed by atoms with van der Waals surface area (Å²) in [5.41, 5.74) is 0.718. The van der Waals surface area contributed by atoms with E-state index in [4.69, 9.17) is 4.84 Å². The summed E-state index contributed by atoms with van der Waals surface area (Å²) in [6, 6.07) is 0.0879. The average Bonchev–Trinajstić information content (AvgIpc) is 3.14. The third-order valence-electron chi connectivity index (χ3n) is 4.76. The van der Waals surface area contributed by atoms with Gasteiger partial charge in [-0.1, -0.05) is 33.8 Å². The van der Waals surface area contributed by atoms with Crippen molar-refractivity contribution in [3.05, 3.63) is 11.8 Å². The van der Waals surface area contributed by atoms with Crippen molar-refractivity contribution in [2.45, 2.75) is 59.4 Å². The lowest BCUT2D eigenvalue weighted by Crippen LogP contribution is -2.49. The van der Waals surface area contributed by atoms with E-state index in [-0.39, 0.29) is 17.4 Å². The van der Waals surface area contributed by atoms with Crippen molar-refractivity contribution in [3.63, 3.8) is 0 Å². The second kappa shape index (κ2) is 4.94. The molecule has 0 aromatic carbocycles. The van der Waals surface area contributed by atoms with E-state index in [9.17, 15) is 4.79 Å². The minimum absolute atomic E-state index is 0.0663. The van der Waals surface area contributed by atoms with E-state index in [1.54, 1.807) is 5.06 Å². The number of hydroxylamine groups is 2. The number of allylic oxidation sites excluding steroid dienone is 2. The van der Waals surface area contributed by atoms with Crippen molar-refractivity contribution in [1.29, 1.82) is 0 Å². The Balaban J connectivity index is 1.76. The molecule has 1 saturated heterocycles. The van der Waals surface area contributed by atoms with Crippen LogP contribution in [0.15, 0.2) is 16.8 Å². The summed E-state index contributed by atoms with van der Waals surface area (Å²) in [4.78, 5) is 22.9. The fourth-order valence-electron chi connectivity index (χ4n) is 3.12. The highest BCUT2D eigenvalue weighted by atomic mass is 16.7. The Morgan fingerprint density at radius 1 is 1.38 bits per heavy atom. The zero-order valence-electron chi connectivity index (χ0n) is 13.6. The predicted octanol–water partition coefficient (Wildman–Crippen LogP) is 3.34. The number of carbonyl (C=O) groups is 1. The highest BCUT2D eigenvalue weighted by Gasteiger charge is 2.46. The van der Waals surface area contributed by atoms with Gasteiger partial charge in [-0.05, 0) is 25.7 Å². The van der Waals surface area contributed by atoms with Gasteiger partial charge in [0.15, 0.2) is 0 Å². The maximum absolute atomic E-state index is 12.6. The molecule has 3 aliphatic rings. The molecule has 0 N–H and O–H groups in total. The molecule has 0 aromatic heterocycles. The van der Waals surface area contributed by atoms with Crippen LogP contribution in [0, 0.1) is 16.7 Å². The van der Waals surface area contributed by atoms with Crippen LogP contribution in [0.5, 0.6) is 0 Å². The first-order chi connectivity index (χ1) is 9.81. The van der Waals surface area contributed by atoms with Crippen molar-refractivity contribution < 1.29 is 9.63 Å². The van der Waals surface area contributed by atoms with E-state index in [0.717, 1.165) is 12.8 Å². The molecule has 2 fully saturated rings. The van der Waals surface area contributed by atoms with E-state index in [1.807, 2.05) is 20.8 Å². The predicted molar refractivity (Wildman–Crippen MR) is 82.7 cm³/mol. The van der Waals surface area contributed by atoms with Crippen LogP contribution >= 0.6 is 0 Å². The Kier molecular flexibility index (Phi) is 3.47. The number of amides is 1. The van der Waals surface area contributed by atoms with Crippen LogP contribution in [-0.2, 0) is 9.63 Å². The highest BCUT2D eigenvalue weighted by molar-refractivity contribution is 5.82. The molecule has 21 heavy (non-hydrogen) atoms. The molecule has 1 unspecified atom stereocenters. The van der Waals surface area contributed by atoms with Gasteiger partial charge in [0, 0.05) is 28.7 Å². The summed E-state index contributed by atoms with van der Waals surface area (Å²) in [5, 5.41) is 1.63. The van der Waals surface area contributed by atoms with Gasteiger partial charge >= 0.3 is 0 Å². The molecule has 3 rings (SSSR count). The lowest BCUT2D eigenvalue weighted by atomic mass is 9.77. The second-order valence-corrected chi connectivity index (χ2v) is 7.89. The number of rotatable bonds is 2. The maximum atomic E-state index is 12.6. The highest BCUT2D eigenvalue weighted by Crippen LogP contribution is 2.43. The van der Waals surface area contributed by atoms with Crippen LogP contribution < -0.4 is 0 Å². The molecule has 4 heteroatoms. The van der Waals surface area contributed by atoms with Gasteiger partial charge in [-0.2, -0.15) is 0 Å². The number of hydrogen-bond donors (Lipinski definition) is 0. The summed E-state index contributed by atoms with van der Waals surface area (Å²) in [6.07, 6.45) is 8.74. The number of hydrogen-bond acceptors (Lipinski definition) is 3. The summed E-state index contributed by atoms with van der Waals surface area (Å²) in [7, 11) is 0. The van der Waals surface area contributed by atoms with Crippen molar-refractivity contribution in [2.24, 2.45) is 21.7 Å². The summed E-state index contributed by atoms with van der Waals surface area (Å²) in [6.45, 7) is 8.64. The van der Waals surface area contributed by atoms with Gasteiger partial charge in [0.25, 0.3) is 5.91 Å². The molecular weight excluding hydrogens is 264 g/mol. The topological polar surface area (TPSA) is 41.9 Å². The van der Waals surface area contributed by atoms with Crippen LogP contribution in [0.4, 0.5) is 0 Å². The Morgan fingerprint density at radius 2 is 2.10 bits per heavy atom. The van der Waals surface area contributed by atoms with Crippen molar-refractivity contribution in [1.82, 2.24) is 5.06 Å². The lowest BCUT2D eigenvalue weighted by molar-refractivity contribution is -0.190. The Morgan fingerprint density at radius 3 is 2.62 bits per heavy atom. The van der Waals surface area contributed by atoms with Gasteiger partial charge in [0.2, 0.25) is 0 Å². The second-order valence-electron chi connectivity index (χ2n) is 7.89. The molecule has 0 radical (unpaired) electrons. The van der Waals surface area contributed by atoms with Crippen LogP contribution in [0.25, 0.3) is 0 Å². The summed E-state index contributed by atoms with van der Waals surface area (Å²) < 4.78 is 0. The molecule has 2 atom stereocenters. The molecule has 2 aliphatic heterocycles. The maximum Gasteiger partial charge on any atom is 0.251 e. The van der Waals surface area contributed by atoms with E-state index in [2.05, 4.69) is 24.2 Å². The van der Waals surface area contributed by atoms with E-state index in [0.29, 0.717) is 12.5 Å². The molecule has 1 saturated carbocycles. The fourth-order valence-corrected chi connectivity index (χ4v) is 3.12. The third-order valence-corrected chi connectivity index (χ3v) is 4.76. The Hall–Kier alpha value is -1.16. The molecule has 2 heterocycles. The zero-order chi connectivity index (χ0) is 15.3. The van der Waals surface area contributed by atoms with Gasteiger partial charge in [-0.25, -0.2) is 5.06 Å². The zero-order valence-corrected chi connectivity index (χ0v) is 13.6. The first-order valence-corrected chi connectivity index (χ1v) is 8.03. The van der Waals surface area contributed by atoms with Crippen molar-refractivity contribution >= 4 is 12.1 Å². The molecule has 116 valence electrons. The van der Waals surface area contributed by atoms with Crippen LogP contribution in [0.2, 0.25) is 0 Å². The quantitative estimate of drug-likeness (QED) is 0.782. The SMILES string of the molecule is CC(C)(C)C(=O)N1OCC[C@H]1C1(C)C=NC(C2CC2)=CC1. The average molecular weight is 290 g/mol. The van der Waals surface area contributed by atoms with Gasteiger partial charge in [0.1, 0.15) is 0 Å². The molecule has 1 aliphatic carbocycles. The summed E-state index contributed by atoms with van der Waals surface area (Å²) >= 11 is 0. The standard InChI is InChI=1S/C17H26N2O2/c1-16(2,3)15(20)19-14(8-10-21-19)17(4)9-7-13(18-11-17)12-5-6-12/h7,11-12,14H,5-6,8-10H2,1-4H3/t14-,17?/m0/s1.